The van der Waals surface area contributed by atoms with Crippen molar-refractivity contribution in [1.29, 1.82) is 0 Å². The summed E-state index contributed by atoms with van der Waals surface area (Å²) >= 11 is 0. The molecule has 148 valence electrons. The topological polar surface area (TPSA) is 89.0 Å². The molecule has 0 spiro atoms. The van der Waals surface area contributed by atoms with Gasteiger partial charge in [0.2, 0.25) is 5.91 Å². The molecule has 7 heteroatoms. The third-order valence-corrected chi connectivity index (χ3v) is 4.44. The lowest BCUT2D eigenvalue weighted by Crippen LogP contribution is -2.54. The van der Waals surface area contributed by atoms with Crippen molar-refractivity contribution < 1.29 is 19.1 Å². The van der Waals surface area contributed by atoms with Gasteiger partial charge in [0.1, 0.15) is 23.3 Å². The highest BCUT2D eigenvalue weighted by Gasteiger charge is 2.33. The molecule has 1 heterocycles. The van der Waals surface area contributed by atoms with E-state index in [1.165, 1.54) is 0 Å². The van der Waals surface area contributed by atoms with Crippen LogP contribution >= 0.6 is 0 Å². The number of carbonyl (C=O) groups is 2. The van der Waals surface area contributed by atoms with Crippen molar-refractivity contribution in [3.63, 3.8) is 0 Å². The standard InChI is InChI=1S/C20H29N3O4/c1-6-16-18(22-17(7-12(2)3)19(24)23-16)20(25)21-11-13-8-14(26-4)10-15(9-13)27-5/h8-10,12,16-17H,6-7,11H2,1-5H3,(H,21,25)(H,23,24)/t16?,17-/m1/s1. The van der Waals surface area contributed by atoms with E-state index in [-0.39, 0.29) is 17.9 Å². The van der Waals surface area contributed by atoms with E-state index in [2.05, 4.69) is 15.6 Å². The van der Waals surface area contributed by atoms with Crippen LogP contribution in [0.4, 0.5) is 0 Å². The Kier molecular flexibility index (Phi) is 7.21. The van der Waals surface area contributed by atoms with Crippen molar-refractivity contribution in [2.75, 3.05) is 14.2 Å². The molecule has 0 aromatic heterocycles. The fraction of sp³-hybridized carbons (Fsp3) is 0.550. The largest absolute Gasteiger partial charge is 0.497 e. The highest BCUT2D eigenvalue weighted by Crippen LogP contribution is 2.22. The Morgan fingerprint density at radius 2 is 1.85 bits per heavy atom. The van der Waals surface area contributed by atoms with Gasteiger partial charge in [-0.1, -0.05) is 20.8 Å². The normalized spacial score (nSPS) is 19.3. The summed E-state index contributed by atoms with van der Waals surface area (Å²) in [6, 6.07) is 4.58. The van der Waals surface area contributed by atoms with Crippen LogP contribution in [-0.4, -0.2) is 43.8 Å². The van der Waals surface area contributed by atoms with E-state index in [1.54, 1.807) is 20.3 Å². The average molecular weight is 375 g/mol. The first-order valence-corrected chi connectivity index (χ1v) is 9.26. The molecule has 2 atom stereocenters. The second kappa shape index (κ2) is 9.39. The van der Waals surface area contributed by atoms with Gasteiger partial charge in [0.05, 0.1) is 20.3 Å². The van der Waals surface area contributed by atoms with Crippen LogP contribution < -0.4 is 20.1 Å². The van der Waals surface area contributed by atoms with Gasteiger partial charge in [0.25, 0.3) is 5.91 Å². The highest BCUT2D eigenvalue weighted by molar-refractivity contribution is 6.41. The fourth-order valence-corrected chi connectivity index (χ4v) is 3.01. The van der Waals surface area contributed by atoms with Crippen molar-refractivity contribution >= 4 is 17.5 Å². The molecule has 7 nitrogen and oxygen atoms in total. The van der Waals surface area contributed by atoms with E-state index >= 15 is 0 Å². The molecule has 1 aliphatic heterocycles. The van der Waals surface area contributed by atoms with E-state index in [0.29, 0.717) is 42.5 Å². The molecule has 2 N–H and O–H groups in total. The quantitative estimate of drug-likeness (QED) is 0.728. The molecule has 2 rings (SSSR count). The predicted octanol–water partition coefficient (Wildman–Crippen LogP) is 2.08. The number of hydrogen-bond acceptors (Lipinski definition) is 5. The number of nitrogens with one attached hydrogen (secondary N) is 2. The number of methoxy groups -OCH3 is 2. The van der Waals surface area contributed by atoms with E-state index in [0.717, 1.165) is 5.56 Å². The zero-order chi connectivity index (χ0) is 20.0. The van der Waals surface area contributed by atoms with Gasteiger partial charge >= 0.3 is 0 Å². The molecule has 1 aromatic rings. The predicted molar refractivity (Wildman–Crippen MR) is 104 cm³/mol. The number of amides is 2. The van der Waals surface area contributed by atoms with Crippen LogP contribution in [0.1, 0.15) is 39.2 Å². The van der Waals surface area contributed by atoms with Crippen molar-refractivity contribution in [2.24, 2.45) is 10.9 Å². The molecule has 27 heavy (non-hydrogen) atoms. The lowest BCUT2D eigenvalue weighted by Gasteiger charge is -2.28. The van der Waals surface area contributed by atoms with Gasteiger partial charge in [0, 0.05) is 12.6 Å². The number of aliphatic imine (C=N–C) groups is 1. The molecule has 1 aromatic carbocycles. The van der Waals surface area contributed by atoms with Gasteiger partial charge in [0.15, 0.2) is 0 Å². The SMILES string of the molecule is CCC1NC(=O)[C@@H](CC(C)C)N=C1C(=O)NCc1cc(OC)cc(OC)c1. The van der Waals surface area contributed by atoms with Crippen LogP contribution in [0, 0.1) is 5.92 Å². The summed E-state index contributed by atoms with van der Waals surface area (Å²) in [5.74, 6) is 1.26. The lowest BCUT2D eigenvalue weighted by molar-refractivity contribution is -0.123. The fourth-order valence-electron chi connectivity index (χ4n) is 3.01. The second-order valence-electron chi connectivity index (χ2n) is 7.03. The van der Waals surface area contributed by atoms with E-state index < -0.39 is 6.04 Å². The van der Waals surface area contributed by atoms with E-state index in [9.17, 15) is 9.59 Å². The minimum Gasteiger partial charge on any atom is -0.497 e. The highest BCUT2D eigenvalue weighted by atomic mass is 16.5. The summed E-state index contributed by atoms with van der Waals surface area (Å²) in [6.45, 7) is 6.29. The number of carbonyl (C=O) groups excluding carboxylic acids is 2. The maximum absolute atomic E-state index is 12.7. The minimum absolute atomic E-state index is 0.107. The molecule has 0 saturated carbocycles. The monoisotopic (exact) mass is 375 g/mol. The van der Waals surface area contributed by atoms with Gasteiger partial charge in [-0.3, -0.25) is 14.6 Å². The number of benzene rings is 1. The van der Waals surface area contributed by atoms with Gasteiger partial charge < -0.3 is 20.1 Å². The average Bonchev–Trinajstić information content (AvgIpc) is 2.66. The first kappa shape index (κ1) is 20.7. The van der Waals surface area contributed by atoms with Gasteiger partial charge in [-0.2, -0.15) is 0 Å². The van der Waals surface area contributed by atoms with Crippen LogP contribution in [0.15, 0.2) is 23.2 Å². The smallest absolute Gasteiger partial charge is 0.267 e. The van der Waals surface area contributed by atoms with Crippen LogP contribution in [0.2, 0.25) is 0 Å². The summed E-state index contributed by atoms with van der Waals surface area (Å²) in [7, 11) is 3.16. The minimum atomic E-state index is -0.509. The Bertz CT molecular complexity index is 693. The van der Waals surface area contributed by atoms with Crippen molar-refractivity contribution in [3.05, 3.63) is 23.8 Å². The molecule has 0 saturated heterocycles. The molecule has 0 fully saturated rings. The molecule has 1 aliphatic rings. The summed E-state index contributed by atoms with van der Waals surface area (Å²) in [5, 5.41) is 5.81. The Morgan fingerprint density at radius 1 is 1.22 bits per heavy atom. The van der Waals surface area contributed by atoms with Crippen LogP contribution in [-0.2, 0) is 16.1 Å². The Labute approximate surface area is 160 Å². The van der Waals surface area contributed by atoms with Gasteiger partial charge in [-0.25, -0.2) is 0 Å². The summed E-state index contributed by atoms with van der Waals surface area (Å²) < 4.78 is 10.5. The molecule has 0 aliphatic carbocycles. The van der Waals surface area contributed by atoms with E-state index in [4.69, 9.17) is 9.47 Å². The first-order valence-electron chi connectivity index (χ1n) is 9.26. The number of rotatable bonds is 8. The van der Waals surface area contributed by atoms with Crippen LogP contribution in [0.3, 0.4) is 0 Å². The van der Waals surface area contributed by atoms with Crippen molar-refractivity contribution in [2.45, 2.75) is 52.2 Å². The van der Waals surface area contributed by atoms with Crippen molar-refractivity contribution in [3.8, 4) is 11.5 Å². The lowest BCUT2D eigenvalue weighted by atomic mass is 9.98. The first-order chi connectivity index (χ1) is 12.9. The number of hydrogen-bond donors (Lipinski definition) is 2. The van der Waals surface area contributed by atoms with Crippen LogP contribution in [0.25, 0.3) is 0 Å². The maximum atomic E-state index is 12.7. The molecular formula is C20H29N3O4. The molecule has 0 bridgehead atoms. The molecular weight excluding hydrogens is 346 g/mol. The van der Waals surface area contributed by atoms with Gasteiger partial charge in [-0.15, -0.1) is 0 Å². The van der Waals surface area contributed by atoms with Crippen molar-refractivity contribution in [1.82, 2.24) is 10.6 Å². The molecule has 1 unspecified atom stereocenters. The Hall–Kier alpha value is -2.57. The molecule has 0 radical (unpaired) electrons. The second-order valence-corrected chi connectivity index (χ2v) is 7.03. The Morgan fingerprint density at radius 3 is 2.37 bits per heavy atom. The van der Waals surface area contributed by atoms with E-state index in [1.807, 2.05) is 32.9 Å². The summed E-state index contributed by atoms with van der Waals surface area (Å²) in [4.78, 5) is 29.4. The number of ether oxygens (including phenoxy) is 2. The summed E-state index contributed by atoms with van der Waals surface area (Å²) in [5.41, 5.74) is 1.24. The molecule has 2 amide bonds. The Balaban J connectivity index is 2.14. The zero-order valence-electron chi connectivity index (χ0n) is 16.7. The third kappa shape index (κ3) is 5.45. The van der Waals surface area contributed by atoms with Gasteiger partial charge in [-0.05, 0) is 36.5 Å². The van der Waals surface area contributed by atoms with Crippen LogP contribution in [0.5, 0.6) is 11.5 Å². The number of nitrogens with zero attached hydrogens (tertiary/aromatic N) is 1. The third-order valence-electron chi connectivity index (χ3n) is 4.44. The maximum Gasteiger partial charge on any atom is 0.267 e. The zero-order valence-corrected chi connectivity index (χ0v) is 16.7. The summed E-state index contributed by atoms with van der Waals surface area (Å²) in [6.07, 6.45) is 1.23.